The maximum atomic E-state index is 12.8. The number of nitrogens with one attached hydrogen (secondary N) is 2. The predicted octanol–water partition coefficient (Wildman–Crippen LogP) is 3.08. The van der Waals surface area contributed by atoms with Crippen LogP contribution >= 0.6 is 11.8 Å². The number of nitrogens with zero attached hydrogens (tertiary/aromatic N) is 2. The van der Waals surface area contributed by atoms with E-state index in [2.05, 4.69) is 20.2 Å². The van der Waals surface area contributed by atoms with Crippen molar-refractivity contribution in [2.45, 2.75) is 24.7 Å². The molecule has 1 aromatic heterocycles. The number of hydrogen-bond acceptors (Lipinski definition) is 8. The van der Waals surface area contributed by atoms with Crippen molar-refractivity contribution in [2.24, 2.45) is 0 Å². The third-order valence-corrected chi connectivity index (χ3v) is 6.61. The molecular formula is C25H28N4O5S. The van der Waals surface area contributed by atoms with Crippen molar-refractivity contribution >= 4 is 23.4 Å². The van der Waals surface area contributed by atoms with Gasteiger partial charge in [-0.25, -0.2) is 4.98 Å². The lowest BCUT2D eigenvalue weighted by atomic mass is 10.1. The number of amides is 1. The Bertz CT molecular complexity index is 1260. The van der Waals surface area contributed by atoms with E-state index in [1.54, 1.807) is 32.4 Å². The largest absolute Gasteiger partial charge is 0.497 e. The van der Waals surface area contributed by atoms with Crippen molar-refractivity contribution in [2.75, 3.05) is 38.9 Å². The zero-order chi connectivity index (χ0) is 24.8. The first kappa shape index (κ1) is 24.6. The van der Waals surface area contributed by atoms with E-state index in [-0.39, 0.29) is 17.2 Å². The van der Waals surface area contributed by atoms with E-state index in [0.29, 0.717) is 47.4 Å². The van der Waals surface area contributed by atoms with Crippen LogP contribution in [0.1, 0.15) is 16.8 Å². The molecule has 0 radical (unpaired) electrons. The Morgan fingerprint density at radius 3 is 2.69 bits per heavy atom. The molecule has 1 aliphatic rings. The van der Waals surface area contributed by atoms with Crippen LogP contribution in [0.4, 0.5) is 5.69 Å². The van der Waals surface area contributed by atoms with Crippen LogP contribution < -0.4 is 25.1 Å². The van der Waals surface area contributed by atoms with Gasteiger partial charge in [0.2, 0.25) is 5.91 Å². The molecule has 0 saturated carbocycles. The first-order valence-electron chi connectivity index (χ1n) is 11.1. The normalized spacial score (nSPS) is 13.1. The number of carbonyl (C=O) groups excluding carboxylic acids is 1. The molecule has 0 fully saturated rings. The number of carbonyl (C=O) groups is 1. The maximum Gasteiger partial charge on any atom is 0.256 e. The molecule has 0 atom stereocenters. The molecule has 0 saturated heterocycles. The van der Waals surface area contributed by atoms with Gasteiger partial charge in [0, 0.05) is 37.7 Å². The molecule has 2 aromatic carbocycles. The summed E-state index contributed by atoms with van der Waals surface area (Å²) < 4.78 is 15.9. The average Bonchev–Trinajstić information content (AvgIpc) is 2.88. The van der Waals surface area contributed by atoms with Gasteiger partial charge in [0.05, 0.1) is 44.0 Å². The highest BCUT2D eigenvalue weighted by molar-refractivity contribution is 7.99. The van der Waals surface area contributed by atoms with E-state index in [0.717, 1.165) is 23.6 Å². The summed E-state index contributed by atoms with van der Waals surface area (Å²) in [5, 5.41) is 3.26. The number of fused-ring (bicyclic) bond motifs is 1. The van der Waals surface area contributed by atoms with Crippen LogP contribution in [0.2, 0.25) is 0 Å². The molecule has 9 nitrogen and oxygen atoms in total. The van der Waals surface area contributed by atoms with Crippen LogP contribution in [0, 0.1) is 0 Å². The van der Waals surface area contributed by atoms with E-state index in [9.17, 15) is 9.59 Å². The summed E-state index contributed by atoms with van der Waals surface area (Å²) in [6.45, 7) is 1.98. The Hall–Kier alpha value is -3.50. The Morgan fingerprint density at radius 2 is 1.91 bits per heavy atom. The molecule has 0 bridgehead atoms. The number of para-hydroxylation sites is 1. The lowest BCUT2D eigenvalue weighted by molar-refractivity contribution is -0.113. The first-order chi connectivity index (χ1) is 17.0. The second-order valence-electron chi connectivity index (χ2n) is 7.97. The molecule has 1 aliphatic heterocycles. The fraction of sp³-hybridized carbons (Fsp3) is 0.320. The summed E-state index contributed by atoms with van der Waals surface area (Å²) in [6, 6.07) is 13.0. The molecule has 35 heavy (non-hydrogen) atoms. The van der Waals surface area contributed by atoms with Crippen molar-refractivity contribution in [1.82, 2.24) is 14.9 Å². The number of aromatic nitrogens is 2. The van der Waals surface area contributed by atoms with E-state index >= 15 is 0 Å². The molecular weight excluding hydrogens is 468 g/mol. The van der Waals surface area contributed by atoms with Crippen LogP contribution in [0.25, 0.3) is 0 Å². The number of benzene rings is 2. The number of methoxy groups -OCH3 is 3. The van der Waals surface area contributed by atoms with Gasteiger partial charge in [-0.2, -0.15) is 0 Å². The number of hydrogen-bond donors (Lipinski definition) is 2. The van der Waals surface area contributed by atoms with E-state index in [1.165, 1.54) is 18.9 Å². The van der Waals surface area contributed by atoms with Gasteiger partial charge in [-0.15, -0.1) is 0 Å². The van der Waals surface area contributed by atoms with Crippen molar-refractivity contribution < 1.29 is 19.0 Å². The van der Waals surface area contributed by atoms with Crippen molar-refractivity contribution in [3.05, 3.63) is 69.6 Å². The average molecular weight is 497 g/mol. The Balaban J connectivity index is 1.38. The minimum absolute atomic E-state index is 0.0941. The minimum Gasteiger partial charge on any atom is -0.497 e. The van der Waals surface area contributed by atoms with Crippen molar-refractivity contribution in [3.8, 4) is 17.2 Å². The number of anilines is 1. The fourth-order valence-electron chi connectivity index (χ4n) is 3.96. The summed E-state index contributed by atoms with van der Waals surface area (Å²) >= 11 is 1.19. The molecule has 3 aromatic rings. The van der Waals surface area contributed by atoms with E-state index in [4.69, 9.17) is 14.2 Å². The molecule has 10 heteroatoms. The minimum atomic E-state index is -0.234. The number of ether oxygens (including phenoxy) is 3. The predicted molar refractivity (Wildman–Crippen MR) is 135 cm³/mol. The summed E-state index contributed by atoms with van der Waals surface area (Å²) in [5.74, 6) is 1.83. The van der Waals surface area contributed by atoms with Gasteiger partial charge in [0.25, 0.3) is 5.56 Å². The number of rotatable bonds is 9. The van der Waals surface area contributed by atoms with Crippen LogP contribution in [0.15, 0.2) is 52.4 Å². The van der Waals surface area contributed by atoms with Gasteiger partial charge in [-0.3, -0.25) is 14.5 Å². The Kier molecular flexibility index (Phi) is 7.94. The van der Waals surface area contributed by atoms with Crippen LogP contribution in [-0.4, -0.2) is 54.4 Å². The summed E-state index contributed by atoms with van der Waals surface area (Å²) in [6.07, 6.45) is 0.664. The van der Waals surface area contributed by atoms with Gasteiger partial charge in [0.15, 0.2) is 5.16 Å². The summed E-state index contributed by atoms with van der Waals surface area (Å²) in [5.41, 5.74) is 2.91. The molecule has 2 heterocycles. The quantitative estimate of drug-likeness (QED) is 0.344. The van der Waals surface area contributed by atoms with Crippen molar-refractivity contribution in [1.29, 1.82) is 0 Å². The third-order valence-electron chi connectivity index (χ3n) is 5.74. The molecule has 184 valence electrons. The number of H-pyrrole nitrogens is 1. The van der Waals surface area contributed by atoms with Gasteiger partial charge in [-0.1, -0.05) is 30.0 Å². The molecule has 2 N–H and O–H groups in total. The topological polar surface area (TPSA) is 106 Å². The molecule has 1 amide bonds. The lowest BCUT2D eigenvalue weighted by Crippen LogP contribution is -2.35. The smallest absolute Gasteiger partial charge is 0.256 e. The van der Waals surface area contributed by atoms with Crippen LogP contribution in [0.5, 0.6) is 17.2 Å². The highest BCUT2D eigenvalue weighted by atomic mass is 32.2. The van der Waals surface area contributed by atoms with Crippen LogP contribution in [-0.2, 0) is 24.3 Å². The molecule has 0 unspecified atom stereocenters. The number of aromatic amines is 1. The monoisotopic (exact) mass is 496 g/mol. The van der Waals surface area contributed by atoms with Gasteiger partial charge in [0.1, 0.15) is 17.2 Å². The third kappa shape index (κ3) is 5.95. The second-order valence-corrected chi connectivity index (χ2v) is 8.94. The highest BCUT2D eigenvalue weighted by Crippen LogP contribution is 2.29. The maximum absolute atomic E-state index is 12.8. The van der Waals surface area contributed by atoms with Crippen molar-refractivity contribution in [3.63, 3.8) is 0 Å². The Morgan fingerprint density at radius 1 is 1.11 bits per heavy atom. The SMILES string of the molecule is COc1ccc(NC(=O)CSc2nc3c(c(=O)[nH]2)CN(Cc2ccccc2OC)CC3)c(OC)c1. The zero-order valence-corrected chi connectivity index (χ0v) is 20.7. The molecule has 4 rings (SSSR count). The molecule has 0 aliphatic carbocycles. The van der Waals surface area contributed by atoms with E-state index < -0.39 is 0 Å². The summed E-state index contributed by atoms with van der Waals surface area (Å²) in [4.78, 5) is 34.9. The summed E-state index contributed by atoms with van der Waals surface area (Å²) in [7, 11) is 4.75. The Labute approximate surface area is 207 Å². The zero-order valence-electron chi connectivity index (χ0n) is 19.9. The highest BCUT2D eigenvalue weighted by Gasteiger charge is 2.22. The van der Waals surface area contributed by atoms with Crippen LogP contribution in [0.3, 0.4) is 0 Å². The van der Waals surface area contributed by atoms with E-state index in [1.807, 2.05) is 24.3 Å². The first-order valence-corrected chi connectivity index (χ1v) is 12.1. The lowest BCUT2D eigenvalue weighted by Gasteiger charge is -2.28. The number of thioether (sulfide) groups is 1. The van der Waals surface area contributed by atoms with Gasteiger partial charge in [-0.05, 0) is 18.2 Å². The fourth-order valence-corrected chi connectivity index (χ4v) is 4.64. The van der Waals surface area contributed by atoms with Gasteiger partial charge >= 0.3 is 0 Å². The molecule has 0 spiro atoms. The van der Waals surface area contributed by atoms with Gasteiger partial charge < -0.3 is 24.5 Å². The second kappa shape index (κ2) is 11.3. The standard InChI is InChI=1S/C25H28N4O5S/c1-32-17-8-9-20(22(12-17)34-3)26-23(30)15-35-25-27-19-10-11-29(14-18(19)24(31)28-25)13-16-6-4-5-7-21(16)33-2/h4-9,12H,10-11,13-15H2,1-3H3,(H,26,30)(H,27,28,31).